The highest BCUT2D eigenvalue weighted by Gasteiger charge is 2.16. The highest BCUT2D eigenvalue weighted by atomic mass is 16.6. The Morgan fingerprint density at radius 3 is 2.86 bits per heavy atom. The summed E-state index contributed by atoms with van der Waals surface area (Å²) < 4.78 is 10.9. The van der Waals surface area contributed by atoms with Crippen LogP contribution < -0.4 is 10.1 Å². The third-order valence-corrected chi connectivity index (χ3v) is 3.37. The van der Waals surface area contributed by atoms with Crippen molar-refractivity contribution in [1.29, 1.82) is 0 Å². The highest BCUT2D eigenvalue weighted by molar-refractivity contribution is 5.48. The SMILES string of the molecule is CNCc1ccc([N+](=O)[O-])c(OCCN2CCOCC2)c1. The molecule has 0 unspecified atom stereocenters. The summed E-state index contributed by atoms with van der Waals surface area (Å²) in [5.41, 5.74) is 0.973. The van der Waals surface area contributed by atoms with Gasteiger partial charge >= 0.3 is 5.69 Å². The van der Waals surface area contributed by atoms with Crippen LogP contribution in [0.15, 0.2) is 18.2 Å². The number of hydrogen-bond acceptors (Lipinski definition) is 6. The maximum absolute atomic E-state index is 11.0. The van der Waals surface area contributed by atoms with E-state index in [0.29, 0.717) is 18.9 Å². The van der Waals surface area contributed by atoms with Gasteiger partial charge in [-0.2, -0.15) is 0 Å². The van der Waals surface area contributed by atoms with E-state index in [4.69, 9.17) is 9.47 Å². The van der Waals surface area contributed by atoms with Crippen LogP contribution in [0.5, 0.6) is 5.75 Å². The molecule has 0 atom stereocenters. The van der Waals surface area contributed by atoms with Gasteiger partial charge < -0.3 is 14.8 Å². The zero-order valence-electron chi connectivity index (χ0n) is 12.2. The largest absolute Gasteiger partial charge is 0.485 e. The number of nitro benzene ring substituents is 1. The number of benzene rings is 1. The minimum absolute atomic E-state index is 0.0110. The Morgan fingerprint density at radius 2 is 2.19 bits per heavy atom. The van der Waals surface area contributed by atoms with Crippen molar-refractivity contribution in [2.45, 2.75) is 6.54 Å². The van der Waals surface area contributed by atoms with Crippen molar-refractivity contribution in [2.75, 3.05) is 46.5 Å². The Bertz CT molecular complexity index is 475. The smallest absolute Gasteiger partial charge is 0.310 e. The van der Waals surface area contributed by atoms with Gasteiger partial charge in [-0.25, -0.2) is 0 Å². The molecule has 7 heteroatoms. The molecule has 0 aromatic heterocycles. The molecule has 0 spiro atoms. The van der Waals surface area contributed by atoms with Gasteiger partial charge in [0.1, 0.15) is 6.61 Å². The van der Waals surface area contributed by atoms with Crippen LogP contribution >= 0.6 is 0 Å². The first-order valence-electron chi connectivity index (χ1n) is 7.05. The van der Waals surface area contributed by atoms with Gasteiger partial charge in [0.05, 0.1) is 18.1 Å². The molecule has 1 aromatic carbocycles. The quantitative estimate of drug-likeness (QED) is 0.598. The molecule has 1 saturated heterocycles. The van der Waals surface area contributed by atoms with Crippen LogP contribution in [-0.2, 0) is 11.3 Å². The van der Waals surface area contributed by atoms with E-state index >= 15 is 0 Å². The van der Waals surface area contributed by atoms with Gasteiger partial charge in [-0.3, -0.25) is 15.0 Å². The summed E-state index contributed by atoms with van der Waals surface area (Å²) in [5, 5.41) is 14.1. The minimum Gasteiger partial charge on any atom is -0.485 e. The topological polar surface area (TPSA) is 76.9 Å². The number of morpholine rings is 1. The van der Waals surface area contributed by atoms with Gasteiger partial charge in [-0.05, 0) is 18.7 Å². The molecule has 0 bridgehead atoms. The molecule has 7 nitrogen and oxygen atoms in total. The van der Waals surface area contributed by atoms with Crippen LogP contribution in [-0.4, -0.2) is 56.3 Å². The van der Waals surface area contributed by atoms with Crippen LogP contribution in [0.2, 0.25) is 0 Å². The summed E-state index contributed by atoms with van der Waals surface area (Å²) in [5.74, 6) is 0.334. The van der Waals surface area contributed by atoms with E-state index < -0.39 is 4.92 Å². The second kappa shape index (κ2) is 7.92. The molecule has 0 radical (unpaired) electrons. The van der Waals surface area contributed by atoms with E-state index in [2.05, 4.69) is 10.2 Å². The Labute approximate surface area is 124 Å². The second-order valence-corrected chi connectivity index (χ2v) is 4.89. The van der Waals surface area contributed by atoms with Gasteiger partial charge in [0.2, 0.25) is 0 Å². The van der Waals surface area contributed by atoms with E-state index in [1.165, 1.54) is 6.07 Å². The molecule has 1 aliphatic rings. The summed E-state index contributed by atoms with van der Waals surface area (Å²) in [6.07, 6.45) is 0. The lowest BCUT2D eigenvalue weighted by molar-refractivity contribution is -0.385. The fraction of sp³-hybridized carbons (Fsp3) is 0.571. The molecule has 1 aliphatic heterocycles. The molecule has 0 aliphatic carbocycles. The lowest BCUT2D eigenvalue weighted by atomic mass is 10.2. The molecule has 1 fully saturated rings. The maximum atomic E-state index is 11.0. The molecule has 0 amide bonds. The molecule has 1 N–H and O–H groups in total. The van der Waals surface area contributed by atoms with Gasteiger partial charge in [0.15, 0.2) is 5.75 Å². The van der Waals surface area contributed by atoms with E-state index in [-0.39, 0.29) is 5.69 Å². The zero-order chi connectivity index (χ0) is 15.1. The highest BCUT2D eigenvalue weighted by Crippen LogP contribution is 2.28. The normalized spacial score (nSPS) is 15.9. The molecular formula is C14H21N3O4. The van der Waals surface area contributed by atoms with Crippen molar-refractivity contribution in [3.05, 3.63) is 33.9 Å². The van der Waals surface area contributed by atoms with Gasteiger partial charge in [-0.1, -0.05) is 6.07 Å². The summed E-state index contributed by atoms with van der Waals surface area (Å²) in [4.78, 5) is 12.9. The summed E-state index contributed by atoms with van der Waals surface area (Å²) >= 11 is 0. The van der Waals surface area contributed by atoms with Gasteiger partial charge in [-0.15, -0.1) is 0 Å². The second-order valence-electron chi connectivity index (χ2n) is 4.89. The van der Waals surface area contributed by atoms with Crippen molar-refractivity contribution in [3.63, 3.8) is 0 Å². The number of hydrogen-bond donors (Lipinski definition) is 1. The Morgan fingerprint density at radius 1 is 1.43 bits per heavy atom. The fourth-order valence-electron chi connectivity index (χ4n) is 2.25. The first-order chi connectivity index (χ1) is 10.2. The van der Waals surface area contributed by atoms with E-state index in [1.54, 1.807) is 12.1 Å². The Hall–Kier alpha value is -1.70. The molecule has 2 rings (SSSR count). The molecule has 116 valence electrons. The van der Waals surface area contributed by atoms with Crippen LogP contribution in [0.25, 0.3) is 0 Å². The molecule has 21 heavy (non-hydrogen) atoms. The molecule has 1 aromatic rings. The number of rotatable bonds is 7. The first kappa shape index (κ1) is 15.7. The molecular weight excluding hydrogens is 274 g/mol. The van der Waals surface area contributed by atoms with Crippen molar-refractivity contribution in [3.8, 4) is 5.75 Å². The standard InChI is InChI=1S/C14H21N3O4/c1-15-11-12-2-3-13(17(18)19)14(10-12)21-9-6-16-4-7-20-8-5-16/h2-3,10,15H,4-9,11H2,1H3. The van der Waals surface area contributed by atoms with Gasteiger partial charge in [0.25, 0.3) is 0 Å². The predicted molar refractivity (Wildman–Crippen MR) is 78.6 cm³/mol. The summed E-state index contributed by atoms with van der Waals surface area (Å²) in [7, 11) is 1.83. The summed E-state index contributed by atoms with van der Waals surface area (Å²) in [6, 6.07) is 4.97. The Balaban J connectivity index is 1.95. The van der Waals surface area contributed by atoms with Crippen LogP contribution in [0, 0.1) is 10.1 Å². The number of nitrogens with zero attached hydrogens (tertiary/aromatic N) is 2. The number of nitrogens with one attached hydrogen (secondary N) is 1. The molecule has 1 heterocycles. The zero-order valence-corrected chi connectivity index (χ0v) is 12.2. The predicted octanol–water partition coefficient (Wildman–Crippen LogP) is 1.03. The van der Waals surface area contributed by atoms with E-state index in [9.17, 15) is 10.1 Å². The summed E-state index contributed by atoms with van der Waals surface area (Å²) in [6.45, 7) is 5.06. The van der Waals surface area contributed by atoms with Gasteiger partial charge in [0, 0.05) is 32.2 Å². The number of ether oxygens (including phenoxy) is 2. The van der Waals surface area contributed by atoms with Crippen molar-refractivity contribution in [2.24, 2.45) is 0 Å². The number of nitro groups is 1. The lowest BCUT2D eigenvalue weighted by Gasteiger charge is -2.26. The van der Waals surface area contributed by atoms with E-state index in [0.717, 1.165) is 38.4 Å². The van der Waals surface area contributed by atoms with Crippen molar-refractivity contribution >= 4 is 5.69 Å². The third-order valence-electron chi connectivity index (χ3n) is 3.37. The van der Waals surface area contributed by atoms with E-state index in [1.807, 2.05) is 7.05 Å². The average Bonchev–Trinajstić information content (AvgIpc) is 2.49. The Kier molecular flexibility index (Phi) is 5.91. The molecule has 0 saturated carbocycles. The average molecular weight is 295 g/mol. The van der Waals surface area contributed by atoms with Crippen LogP contribution in [0.4, 0.5) is 5.69 Å². The third kappa shape index (κ3) is 4.66. The van der Waals surface area contributed by atoms with Crippen LogP contribution in [0.3, 0.4) is 0 Å². The monoisotopic (exact) mass is 295 g/mol. The van der Waals surface area contributed by atoms with Crippen molar-refractivity contribution in [1.82, 2.24) is 10.2 Å². The van der Waals surface area contributed by atoms with Crippen LogP contribution in [0.1, 0.15) is 5.56 Å². The fourth-order valence-corrected chi connectivity index (χ4v) is 2.25. The minimum atomic E-state index is -0.410. The maximum Gasteiger partial charge on any atom is 0.310 e. The first-order valence-corrected chi connectivity index (χ1v) is 7.05. The lowest BCUT2D eigenvalue weighted by Crippen LogP contribution is -2.38. The van der Waals surface area contributed by atoms with Crippen molar-refractivity contribution < 1.29 is 14.4 Å².